The van der Waals surface area contributed by atoms with Crippen LogP contribution in [0.5, 0.6) is 0 Å². The summed E-state index contributed by atoms with van der Waals surface area (Å²) in [5.74, 6) is 0.538. The summed E-state index contributed by atoms with van der Waals surface area (Å²) in [5, 5.41) is 0. The Kier molecular flexibility index (Phi) is 1.71. The minimum absolute atomic E-state index is 0.0176. The van der Waals surface area contributed by atoms with Gasteiger partial charge in [-0.15, -0.1) is 0 Å². The predicted molar refractivity (Wildman–Crippen MR) is 45.5 cm³/mol. The number of fused-ring (bicyclic) bond motifs is 1. The summed E-state index contributed by atoms with van der Waals surface area (Å²) in [7, 11) is 0. The first-order chi connectivity index (χ1) is 5.68. The average Bonchev–Trinajstić information content (AvgIpc) is 2.28. The lowest BCUT2D eigenvalue weighted by Crippen LogP contribution is -2.21. The van der Waals surface area contributed by atoms with E-state index in [4.69, 9.17) is 4.74 Å². The van der Waals surface area contributed by atoms with E-state index in [2.05, 4.69) is 13.0 Å². The van der Waals surface area contributed by atoms with Gasteiger partial charge in [-0.2, -0.15) is 0 Å². The lowest BCUT2D eigenvalue weighted by Gasteiger charge is -2.22. The van der Waals surface area contributed by atoms with E-state index in [0.717, 1.165) is 12.8 Å². The van der Waals surface area contributed by atoms with E-state index in [1.165, 1.54) is 5.57 Å². The van der Waals surface area contributed by atoms with Gasteiger partial charge in [0, 0.05) is 5.92 Å². The fourth-order valence-corrected chi connectivity index (χ4v) is 2.12. The number of ether oxygens (including phenoxy) is 1. The molecule has 0 N–H and O–H groups in total. The van der Waals surface area contributed by atoms with E-state index in [-0.39, 0.29) is 18.0 Å². The van der Waals surface area contributed by atoms with Crippen LogP contribution in [-0.4, -0.2) is 12.1 Å². The maximum atomic E-state index is 11.2. The van der Waals surface area contributed by atoms with Gasteiger partial charge in [-0.1, -0.05) is 12.5 Å². The molecule has 1 saturated heterocycles. The third kappa shape index (κ3) is 1.06. The van der Waals surface area contributed by atoms with Gasteiger partial charge in [-0.25, -0.2) is 0 Å². The quantitative estimate of drug-likeness (QED) is 0.406. The van der Waals surface area contributed by atoms with Gasteiger partial charge in [-0.05, 0) is 25.8 Å². The maximum Gasteiger partial charge on any atom is 0.309 e. The molecule has 0 saturated carbocycles. The van der Waals surface area contributed by atoms with Crippen molar-refractivity contribution < 1.29 is 9.53 Å². The Hall–Kier alpha value is -0.790. The molecule has 12 heavy (non-hydrogen) atoms. The number of allylic oxidation sites excluding steroid dienone is 1. The topological polar surface area (TPSA) is 26.3 Å². The molecule has 2 nitrogen and oxygen atoms in total. The van der Waals surface area contributed by atoms with Gasteiger partial charge in [0.15, 0.2) is 0 Å². The van der Waals surface area contributed by atoms with Crippen molar-refractivity contribution >= 4 is 5.97 Å². The van der Waals surface area contributed by atoms with Gasteiger partial charge in [0.2, 0.25) is 0 Å². The molecule has 1 fully saturated rings. The van der Waals surface area contributed by atoms with Gasteiger partial charge < -0.3 is 4.74 Å². The molecule has 2 unspecified atom stereocenters. The Bertz CT molecular complexity index is 242. The highest BCUT2D eigenvalue weighted by atomic mass is 16.6. The van der Waals surface area contributed by atoms with Crippen molar-refractivity contribution in [2.45, 2.75) is 32.8 Å². The summed E-state index contributed by atoms with van der Waals surface area (Å²) >= 11 is 0. The minimum atomic E-state index is -0.0176. The molecule has 66 valence electrons. The minimum Gasteiger partial charge on any atom is -0.458 e. The zero-order valence-electron chi connectivity index (χ0n) is 7.54. The van der Waals surface area contributed by atoms with Gasteiger partial charge >= 0.3 is 5.97 Å². The highest BCUT2D eigenvalue weighted by Gasteiger charge is 2.41. The molecule has 2 rings (SSSR count). The second kappa shape index (κ2) is 2.61. The van der Waals surface area contributed by atoms with E-state index in [0.29, 0.717) is 5.92 Å². The molecule has 2 heteroatoms. The van der Waals surface area contributed by atoms with Gasteiger partial charge in [-0.3, -0.25) is 4.79 Å². The predicted octanol–water partition coefficient (Wildman–Crippen LogP) is 1.90. The third-order valence-corrected chi connectivity index (χ3v) is 3.01. The standard InChI is InChI=1S/C10H14O2/c1-6-3-4-8-7(2)10(11)12-9(8)5-6/h5,7-9H,3-4H2,1-2H3/t7?,8?,9-/m1/s1. The van der Waals surface area contributed by atoms with Crippen molar-refractivity contribution in [1.29, 1.82) is 0 Å². The van der Waals surface area contributed by atoms with Crippen LogP contribution in [0.1, 0.15) is 26.7 Å². The molecule has 1 heterocycles. The van der Waals surface area contributed by atoms with Crippen LogP contribution in [-0.2, 0) is 9.53 Å². The zero-order chi connectivity index (χ0) is 8.72. The van der Waals surface area contributed by atoms with Crippen LogP contribution in [0.4, 0.5) is 0 Å². The molecule has 0 aromatic carbocycles. The summed E-state index contributed by atoms with van der Waals surface area (Å²) < 4.78 is 5.23. The number of hydrogen-bond donors (Lipinski definition) is 0. The van der Waals surface area contributed by atoms with Crippen molar-refractivity contribution in [2.24, 2.45) is 11.8 Å². The Morgan fingerprint density at radius 2 is 2.33 bits per heavy atom. The Balaban J connectivity index is 2.22. The highest BCUT2D eigenvalue weighted by molar-refractivity contribution is 5.75. The number of carbonyl (C=O) groups excluding carboxylic acids is 1. The van der Waals surface area contributed by atoms with Crippen molar-refractivity contribution in [3.8, 4) is 0 Å². The molecular formula is C10H14O2. The largest absolute Gasteiger partial charge is 0.458 e. The van der Waals surface area contributed by atoms with Crippen LogP contribution in [0, 0.1) is 11.8 Å². The molecule has 1 aliphatic heterocycles. The smallest absolute Gasteiger partial charge is 0.309 e. The zero-order valence-corrected chi connectivity index (χ0v) is 7.54. The molecule has 0 amide bonds. The number of hydrogen-bond acceptors (Lipinski definition) is 2. The van der Waals surface area contributed by atoms with Crippen molar-refractivity contribution in [3.63, 3.8) is 0 Å². The van der Waals surface area contributed by atoms with E-state index >= 15 is 0 Å². The first-order valence-corrected chi connectivity index (χ1v) is 4.56. The Morgan fingerprint density at radius 3 is 3.08 bits per heavy atom. The van der Waals surface area contributed by atoms with Crippen molar-refractivity contribution in [1.82, 2.24) is 0 Å². The van der Waals surface area contributed by atoms with Gasteiger partial charge in [0.1, 0.15) is 6.10 Å². The van der Waals surface area contributed by atoms with Crippen LogP contribution in [0.2, 0.25) is 0 Å². The molecule has 0 spiro atoms. The second-order valence-electron chi connectivity index (χ2n) is 3.91. The fraction of sp³-hybridized carbons (Fsp3) is 0.700. The van der Waals surface area contributed by atoms with E-state index in [1.807, 2.05) is 6.92 Å². The van der Waals surface area contributed by atoms with E-state index < -0.39 is 0 Å². The van der Waals surface area contributed by atoms with Crippen LogP contribution < -0.4 is 0 Å². The molecule has 3 atom stereocenters. The van der Waals surface area contributed by atoms with Crippen LogP contribution in [0.25, 0.3) is 0 Å². The van der Waals surface area contributed by atoms with Crippen molar-refractivity contribution in [2.75, 3.05) is 0 Å². The number of carbonyl (C=O) groups is 1. The average molecular weight is 166 g/mol. The Morgan fingerprint density at radius 1 is 1.58 bits per heavy atom. The summed E-state index contributed by atoms with van der Waals surface area (Å²) in [6, 6.07) is 0. The first-order valence-electron chi connectivity index (χ1n) is 4.56. The molecule has 0 aromatic heterocycles. The fourth-order valence-electron chi connectivity index (χ4n) is 2.12. The van der Waals surface area contributed by atoms with Crippen LogP contribution in [0.3, 0.4) is 0 Å². The van der Waals surface area contributed by atoms with E-state index in [1.54, 1.807) is 0 Å². The SMILES string of the molecule is CC1=C[C@H]2OC(=O)C(C)C2CC1. The van der Waals surface area contributed by atoms with Crippen LogP contribution >= 0.6 is 0 Å². The summed E-state index contributed by atoms with van der Waals surface area (Å²) in [6.07, 6.45) is 4.43. The lowest BCUT2D eigenvalue weighted by atomic mass is 9.82. The van der Waals surface area contributed by atoms with Gasteiger partial charge in [0.25, 0.3) is 0 Å². The third-order valence-electron chi connectivity index (χ3n) is 3.01. The summed E-state index contributed by atoms with van der Waals surface area (Å²) in [5.41, 5.74) is 1.36. The van der Waals surface area contributed by atoms with Crippen molar-refractivity contribution in [3.05, 3.63) is 11.6 Å². The molecular weight excluding hydrogens is 152 g/mol. The normalized spacial score (nSPS) is 40.3. The molecule has 2 aliphatic rings. The second-order valence-corrected chi connectivity index (χ2v) is 3.91. The molecule has 0 bridgehead atoms. The van der Waals surface area contributed by atoms with Crippen LogP contribution in [0.15, 0.2) is 11.6 Å². The van der Waals surface area contributed by atoms with Gasteiger partial charge in [0.05, 0.1) is 5.92 Å². The number of rotatable bonds is 0. The molecule has 0 aromatic rings. The summed E-state index contributed by atoms with van der Waals surface area (Å²) in [4.78, 5) is 11.2. The number of esters is 1. The summed E-state index contributed by atoms with van der Waals surface area (Å²) in [6.45, 7) is 4.08. The molecule has 0 radical (unpaired) electrons. The molecule has 1 aliphatic carbocycles. The monoisotopic (exact) mass is 166 g/mol. The lowest BCUT2D eigenvalue weighted by molar-refractivity contribution is -0.142. The first kappa shape index (κ1) is 7.84. The van der Waals surface area contributed by atoms with E-state index in [9.17, 15) is 4.79 Å². The highest BCUT2D eigenvalue weighted by Crippen LogP contribution is 2.37. The Labute approximate surface area is 72.6 Å². The maximum absolute atomic E-state index is 11.2.